The smallest absolute Gasteiger partial charge is 0.322 e. The average Bonchev–Trinajstić information content (AvgIpc) is 2.63. The molecule has 4 nitrogen and oxygen atoms in total. The van der Waals surface area contributed by atoms with E-state index in [0.717, 1.165) is 6.42 Å². The van der Waals surface area contributed by atoms with Crippen LogP contribution in [0.5, 0.6) is 0 Å². The number of amides is 3. The molecule has 1 saturated heterocycles. The Morgan fingerprint density at radius 3 is 2.41 bits per heavy atom. The molecule has 0 bridgehead atoms. The van der Waals surface area contributed by atoms with Crippen molar-refractivity contribution in [1.29, 1.82) is 0 Å². The summed E-state index contributed by atoms with van der Waals surface area (Å²) in [6.07, 6.45) is 2.02. The minimum atomic E-state index is -0.729. The van der Waals surface area contributed by atoms with E-state index < -0.39 is 5.54 Å². The SMILES string of the molecule is CC[C@]1(CCc2ccccc2)NC(=O)NC1=O. The van der Waals surface area contributed by atoms with Crippen molar-refractivity contribution >= 4 is 11.9 Å². The van der Waals surface area contributed by atoms with Gasteiger partial charge in [0.15, 0.2) is 0 Å². The molecule has 0 saturated carbocycles. The molecule has 2 rings (SSSR count). The van der Waals surface area contributed by atoms with E-state index in [1.54, 1.807) is 0 Å². The molecule has 1 aromatic rings. The first-order valence-corrected chi connectivity index (χ1v) is 5.84. The van der Waals surface area contributed by atoms with Crippen LogP contribution < -0.4 is 10.6 Å². The van der Waals surface area contributed by atoms with Crippen LogP contribution in [0, 0.1) is 0 Å². The van der Waals surface area contributed by atoms with Gasteiger partial charge in [-0.15, -0.1) is 0 Å². The van der Waals surface area contributed by atoms with E-state index in [1.807, 2.05) is 37.3 Å². The molecule has 0 aromatic heterocycles. The first kappa shape index (κ1) is 11.6. The zero-order chi connectivity index (χ0) is 12.3. The van der Waals surface area contributed by atoms with E-state index in [9.17, 15) is 9.59 Å². The molecule has 0 spiro atoms. The van der Waals surface area contributed by atoms with Crippen molar-refractivity contribution in [2.75, 3.05) is 0 Å². The number of carbonyl (C=O) groups excluding carboxylic acids is 2. The number of carbonyl (C=O) groups is 2. The van der Waals surface area contributed by atoms with E-state index in [-0.39, 0.29) is 11.9 Å². The van der Waals surface area contributed by atoms with Crippen molar-refractivity contribution in [3.05, 3.63) is 35.9 Å². The van der Waals surface area contributed by atoms with Gasteiger partial charge in [0.2, 0.25) is 0 Å². The normalized spacial score (nSPS) is 23.4. The lowest BCUT2D eigenvalue weighted by molar-refractivity contribution is -0.124. The van der Waals surface area contributed by atoms with Crippen LogP contribution in [0.3, 0.4) is 0 Å². The Kier molecular flexibility index (Phi) is 3.13. The van der Waals surface area contributed by atoms with Crippen LogP contribution in [-0.2, 0) is 11.2 Å². The fraction of sp³-hybridized carbons (Fsp3) is 0.385. The largest absolute Gasteiger partial charge is 0.323 e. The van der Waals surface area contributed by atoms with Crippen LogP contribution >= 0.6 is 0 Å². The fourth-order valence-electron chi connectivity index (χ4n) is 2.13. The molecule has 1 fully saturated rings. The maximum absolute atomic E-state index is 11.8. The molecule has 1 atom stereocenters. The Bertz CT molecular complexity index is 430. The first-order chi connectivity index (χ1) is 8.16. The highest BCUT2D eigenvalue weighted by Gasteiger charge is 2.43. The maximum atomic E-state index is 11.8. The van der Waals surface area contributed by atoms with Crippen LogP contribution in [0.25, 0.3) is 0 Å². The third kappa shape index (κ3) is 2.30. The quantitative estimate of drug-likeness (QED) is 0.775. The lowest BCUT2D eigenvalue weighted by atomic mass is 9.89. The highest BCUT2D eigenvalue weighted by atomic mass is 16.2. The summed E-state index contributed by atoms with van der Waals surface area (Å²) in [5.41, 5.74) is 0.446. The molecule has 0 aliphatic carbocycles. The van der Waals surface area contributed by atoms with Gasteiger partial charge in [-0.1, -0.05) is 37.3 Å². The molecule has 17 heavy (non-hydrogen) atoms. The molecule has 1 aliphatic rings. The van der Waals surface area contributed by atoms with Gasteiger partial charge in [0.1, 0.15) is 5.54 Å². The summed E-state index contributed by atoms with van der Waals surface area (Å²) in [5, 5.41) is 5.04. The van der Waals surface area contributed by atoms with Crippen molar-refractivity contribution in [3.63, 3.8) is 0 Å². The van der Waals surface area contributed by atoms with Gasteiger partial charge in [0, 0.05) is 0 Å². The summed E-state index contributed by atoms with van der Waals surface area (Å²) in [6, 6.07) is 9.58. The third-order valence-corrected chi connectivity index (χ3v) is 3.30. The highest BCUT2D eigenvalue weighted by Crippen LogP contribution is 2.22. The zero-order valence-electron chi connectivity index (χ0n) is 9.82. The lowest BCUT2D eigenvalue weighted by Crippen LogP contribution is -2.46. The number of urea groups is 1. The molecule has 1 heterocycles. The fourth-order valence-corrected chi connectivity index (χ4v) is 2.13. The molecular weight excluding hydrogens is 216 g/mol. The predicted octanol–water partition coefficient (Wildman–Crippen LogP) is 1.61. The van der Waals surface area contributed by atoms with Gasteiger partial charge >= 0.3 is 6.03 Å². The monoisotopic (exact) mass is 232 g/mol. The van der Waals surface area contributed by atoms with Crippen LogP contribution in [0.4, 0.5) is 4.79 Å². The minimum absolute atomic E-state index is 0.207. The summed E-state index contributed by atoms with van der Waals surface area (Å²) in [5.74, 6) is -0.207. The molecule has 4 heteroatoms. The van der Waals surface area contributed by atoms with Crippen molar-refractivity contribution in [2.45, 2.75) is 31.7 Å². The zero-order valence-corrected chi connectivity index (χ0v) is 9.82. The summed E-state index contributed by atoms with van der Waals surface area (Å²) < 4.78 is 0. The average molecular weight is 232 g/mol. The number of aryl methyl sites for hydroxylation is 1. The second-order valence-corrected chi connectivity index (χ2v) is 4.33. The molecule has 0 unspecified atom stereocenters. The Labute approximate surface area is 100 Å². The van der Waals surface area contributed by atoms with Gasteiger partial charge in [-0.05, 0) is 24.8 Å². The van der Waals surface area contributed by atoms with Crippen LogP contribution in [0.1, 0.15) is 25.3 Å². The third-order valence-electron chi connectivity index (χ3n) is 3.30. The second kappa shape index (κ2) is 4.57. The van der Waals surface area contributed by atoms with Gasteiger partial charge in [-0.2, -0.15) is 0 Å². The number of rotatable bonds is 4. The number of benzene rings is 1. The van der Waals surface area contributed by atoms with Gasteiger partial charge in [-0.3, -0.25) is 10.1 Å². The van der Waals surface area contributed by atoms with E-state index in [1.165, 1.54) is 5.56 Å². The number of nitrogens with one attached hydrogen (secondary N) is 2. The van der Waals surface area contributed by atoms with E-state index in [0.29, 0.717) is 12.8 Å². The van der Waals surface area contributed by atoms with Crippen LogP contribution in [-0.4, -0.2) is 17.5 Å². The Hall–Kier alpha value is -1.84. The first-order valence-electron chi connectivity index (χ1n) is 5.84. The Balaban J connectivity index is 2.06. The van der Waals surface area contributed by atoms with Crippen molar-refractivity contribution in [2.24, 2.45) is 0 Å². The Morgan fingerprint density at radius 2 is 1.88 bits per heavy atom. The van der Waals surface area contributed by atoms with E-state index in [2.05, 4.69) is 10.6 Å². The number of hydrogen-bond donors (Lipinski definition) is 2. The van der Waals surface area contributed by atoms with Crippen molar-refractivity contribution in [1.82, 2.24) is 10.6 Å². The van der Waals surface area contributed by atoms with Gasteiger partial charge in [-0.25, -0.2) is 4.79 Å². The highest BCUT2D eigenvalue weighted by molar-refractivity contribution is 6.06. The summed E-state index contributed by atoms with van der Waals surface area (Å²) >= 11 is 0. The van der Waals surface area contributed by atoms with E-state index in [4.69, 9.17) is 0 Å². The minimum Gasteiger partial charge on any atom is -0.323 e. The summed E-state index contributed by atoms with van der Waals surface area (Å²) in [4.78, 5) is 23.0. The lowest BCUT2D eigenvalue weighted by Gasteiger charge is -2.24. The summed E-state index contributed by atoms with van der Waals surface area (Å²) in [7, 11) is 0. The molecule has 1 aliphatic heterocycles. The molecule has 2 N–H and O–H groups in total. The summed E-state index contributed by atoms with van der Waals surface area (Å²) in [6.45, 7) is 1.91. The molecule has 0 radical (unpaired) electrons. The number of hydrogen-bond acceptors (Lipinski definition) is 2. The molecule has 90 valence electrons. The van der Waals surface area contributed by atoms with Gasteiger partial charge < -0.3 is 5.32 Å². The maximum Gasteiger partial charge on any atom is 0.322 e. The number of imide groups is 1. The topological polar surface area (TPSA) is 58.2 Å². The van der Waals surface area contributed by atoms with Crippen LogP contribution in [0.2, 0.25) is 0 Å². The van der Waals surface area contributed by atoms with Crippen LogP contribution in [0.15, 0.2) is 30.3 Å². The van der Waals surface area contributed by atoms with E-state index >= 15 is 0 Å². The van der Waals surface area contributed by atoms with Gasteiger partial charge in [0.05, 0.1) is 0 Å². The van der Waals surface area contributed by atoms with Gasteiger partial charge in [0.25, 0.3) is 5.91 Å². The molecule has 1 aromatic carbocycles. The second-order valence-electron chi connectivity index (χ2n) is 4.33. The van der Waals surface area contributed by atoms with Crippen molar-refractivity contribution in [3.8, 4) is 0 Å². The Morgan fingerprint density at radius 1 is 1.18 bits per heavy atom. The molecule has 3 amide bonds. The molecular formula is C13H16N2O2. The predicted molar refractivity (Wildman–Crippen MR) is 64.5 cm³/mol. The van der Waals surface area contributed by atoms with Crippen molar-refractivity contribution < 1.29 is 9.59 Å². The standard InChI is InChI=1S/C13H16N2O2/c1-2-13(11(16)14-12(17)15-13)9-8-10-6-4-3-5-7-10/h3-7H,2,8-9H2,1H3,(H2,14,15,16,17)/t13-/m1/s1.